The van der Waals surface area contributed by atoms with E-state index in [1.807, 2.05) is 0 Å². The van der Waals surface area contributed by atoms with Gasteiger partial charge in [0, 0.05) is 4.88 Å². The molecule has 0 fully saturated rings. The van der Waals surface area contributed by atoms with E-state index >= 15 is 0 Å². The predicted octanol–water partition coefficient (Wildman–Crippen LogP) is 3.57. The summed E-state index contributed by atoms with van der Waals surface area (Å²) in [5.74, 6) is 0.108. The summed E-state index contributed by atoms with van der Waals surface area (Å²) in [5.41, 5.74) is -2.88. The Bertz CT molecular complexity index is 963. The Morgan fingerprint density at radius 2 is 1.89 bits per heavy atom. The molecule has 2 heterocycles. The SMILES string of the molecule is O=S(=O)(NCC(O)(c1ccco1)c1cccs1)c1cccc(C(F)(F)F)c1. The first kappa shape index (κ1) is 19.6. The molecule has 144 valence electrons. The Hall–Kier alpha value is -2.14. The Morgan fingerprint density at radius 3 is 2.48 bits per heavy atom. The van der Waals surface area contributed by atoms with Crippen molar-refractivity contribution < 1.29 is 31.1 Å². The van der Waals surface area contributed by atoms with Crippen LogP contribution in [0.4, 0.5) is 13.2 Å². The molecule has 0 aliphatic heterocycles. The Morgan fingerprint density at radius 1 is 1.11 bits per heavy atom. The van der Waals surface area contributed by atoms with Gasteiger partial charge in [-0.1, -0.05) is 12.1 Å². The van der Waals surface area contributed by atoms with Crippen molar-refractivity contribution in [2.75, 3.05) is 6.54 Å². The zero-order valence-corrected chi connectivity index (χ0v) is 15.2. The zero-order chi connectivity index (χ0) is 19.7. The standard InChI is InChI=1S/C17H14F3NO4S2/c18-17(19,20)12-4-1-5-13(10-12)27(23,24)21-11-16(22,14-6-2-8-25-14)15-7-3-9-26-15/h1-10,21-22H,11H2. The van der Waals surface area contributed by atoms with Crippen molar-refractivity contribution in [2.24, 2.45) is 0 Å². The molecule has 10 heteroatoms. The third kappa shape index (κ3) is 4.08. The number of rotatable bonds is 6. The second kappa shape index (κ2) is 7.12. The van der Waals surface area contributed by atoms with Gasteiger partial charge in [0.1, 0.15) is 5.76 Å². The van der Waals surface area contributed by atoms with E-state index < -0.39 is 38.8 Å². The molecular formula is C17H14F3NO4S2. The van der Waals surface area contributed by atoms with Gasteiger partial charge in [0.05, 0.1) is 23.3 Å². The smallest absolute Gasteiger partial charge is 0.416 e. The fourth-order valence-corrected chi connectivity index (χ4v) is 4.38. The molecule has 3 rings (SSSR count). The number of halogens is 3. The summed E-state index contributed by atoms with van der Waals surface area (Å²) in [5, 5.41) is 12.7. The van der Waals surface area contributed by atoms with E-state index in [9.17, 15) is 26.7 Å². The van der Waals surface area contributed by atoms with Gasteiger partial charge in [-0.3, -0.25) is 0 Å². The maximum atomic E-state index is 12.8. The van der Waals surface area contributed by atoms with Crippen molar-refractivity contribution in [1.82, 2.24) is 4.72 Å². The van der Waals surface area contributed by atoms with Crippen LogP contribution in [-0.2, 0) is 21.8 Å². The molecule has 0 amide bonds. The molecule has 0 saturated carbocycles. The lowest BCUT2D eigenvalue weighted by Crippen LogP contribution is -2.41. The molecular weight excluding hydrogens is 403 g/mol. The first-order valence-electron chi connectivity index (χ1n) is 7.60. The molecule has 3 aromatic rings. The predicted molar refractivity (Wildman–Crippen MR) is 92.7 cm³/mol. The van der Waals surface area contributed by atoms with Gasteiger partial charge in [0.15, 0.2) is 5.60 Å². The molecule has 0 saturated heterocycles. The van der Waals surface area contributed by atoms with Crippen LogP contribution in [0.2, 0.25) is 0 Å². The highest BCUT2D eigenvalue weighted by Gasteiger charge is 2.37. The third-order valence-corrected chi connectivity index (χ3v) is 6.27. The van der Waals surface area contributed by atoms with Crippen LogP contribution in [-0.4, -0.2) is 20.1 Å². The van der Waals surface area contributed by atoms with Gasteiger partial charge in [0.25, 0.3) is 0 Å². The van der Waals surface area contributed by atoms with E-state index in [1.165, 1.54) is 29.7 Å². The maximum absolute atomic E-state index is 12.8. The number of nitrogens with one attached hydrogen (secondary N) is 1. The van der Waals surface area contributed by atoms with E-state index in [0.29, 0.717) is 10.9 Å². The minimum absolute atomic E-state index is 0.108. The average Bonchev–Trinajstić information content (AvgIpc) is 3.33. The van der Waals surface area contributed by atoms with Crippen LogP contribution in [0.15, 0.2) is 69.5 Å². The number of alkyl halides is 3. The topological polar surface area (TPSA) is 79.5 Å². The van der Waals surface area contributed by atoms with Crippen molar-refractivity contribution >= 4 is 21.4 Å². The highest BCUT2D eigenvalue weighted by Crippen LogP contribution is 2.34. The summed E-state index contributed by atoms with van der Waals surface area (Å²) in [6.45, 7) is -0.514. The third-order valence-electron chi connectivity index (χ3n) is 3.85. The minimum Gasteiger partial charge on any atom is -0.466 e. The molecule has 0 spiro atoms. The van der Waals surface area contributed by atoms with E-state index in [4.69, 9.17) is 4.42 Å². The van der Waals surface area contributed by atoms with E-state index in [-0.39, 0.29) is 5.76 Å². The number of sulfonamides is 1. The number of benzene rings is 1. The lowest BCUT2D eigenvalue weighted by Gasteiger charge is -2.25. The summed E-state index contributed by atoms with van der Waals surface area (Å²) in [6, 6.07) is 9.68. The number of furan rings is 1. The molecule has 1 aromatic carbocycles. The Kier molecular flexibility index (Phi) is 5.17. The normalized spacial score (nSPS) is 14.8. The average molecular weight is 417 g/mol. The second-order valence-corrected chi connectivity index (χ2v) is 8.38. The van der Waals surface area contributed by atoms with Gasteiger partial charge in [-0.2, -0.15) is 13.2 Å². The molecule has 2 aromatic heterocycles. The zero-order valence-electron chi connectivity index (χ0n) is 13.6. The van der Waals surface area contributed by atoms with Gasteiger partial charge in [-0.05, 0) is 41.8 Å². The van der Waals surface area contributed by atoms with Crippen LogP contribution >= 0.6 is 11.3 Å². The quantitative estimate of drug-likeness (QED) is 0.643. The first-order valence-corrected chi connectivity index (χ1v) is 9.96. The van der Waals surface area contributed by atoms with E-state index in [0.717, 1.165) is 18.2 Å². The lowest BCUT2D eigenvalue weighted by molar-refractivity contribution is -0.137. The lowest BCUT2D eigenvalue weighted by atomic mass is 9.99. The summed E-state index contributed by atoms with van der Waals surface area (Å²) in [7, 11) is -4.31. The molecule has 0 radical (unpaired) electrons. The largest absolute Gasteiger partial charge is 0.466 e. The monoisotopic (exact) mass is 417 g/mol. The number of hydrogen-bond donors (Lipinski definition) is 2. The number of aliphatic hydroxyl groups is 1. The van der Waals surface area contributed by atoms with Crippen LogP contribution in [0, 0.1) is 0 Å². The van der Waals surface area contributed by atoms with Gasteiger partial charge in [0.2, 0.25) is 10.0 Å². The number of thiophene rings is 1. The molecule has 0 aliphatic rings. The van der Waals surface area contributed by atoms with Crippen molar-refractivity contribution in [3.63, 3.8) is 0 Å². The Labute approximate surface area is 157 Å². The molecule has 27 heavy (non-hydrogen) atoms. The Balaban J connectivity index is 1.90. The molecule has 5 nitrogen and oxygen atoms in total. The van der Waals surface area contributed by atoms with Gasteiger partial charge in [-0.25, -0.2) is 13.1 Å². The molecule has 2 N–H and O–H groups in total. The highest BCUT2D eigenvalue weighted by atomic mass is 32.2. The fraction of sp³-hybridized carbons (Fsp3) is 0.176. The summed E-state index contributed by atoms with van der Waals surface area (Å²) in [6.07, 6.45) is -3.34. The molecule has 1 unspecified atom stereocenters. The van der Waals surface area contributed by atoms with Gasteiger partial charge < -0.3 is 9.52 Å². The minimum atomic E-state index is -4.67. The molecule has 0 aliphatic carbocycles. The van der Waals surface area contributed by atoms with E-state index in [1.54, 1.807) is 17.5 Å². The fourth-order valence-electron chi connectivity index (χ4n) is 2.45. The first-order chi connectivity index (χ1) is 12.6. The van der Waals surface area contributed by atoms with E-state index in [2.05, 4.69) is 4.72 Å². The van der Waals surface area contributed by atoms with Crippen molar-refractivity contribution in [3.05, 3.63) is 76.4 Å². The number of hydrogen-bond acceptors (Lipinski definition) is 5. The van der Waals surface area contributed by atoms with Crippen LogP contribution in [0.5, 0.6) is 0 Å². The van der Waals surface area contributed by atoms with Gasteiger partial charge in [-0.15, -0.1) is 11.3 Å². The van der Waals surface area contributed by atoms with Crippen molar-refractivity contribution in [1.29, 1.82) is 0 Å². The van der Waals surface area contributed by atoms with Crippen LogP contribution < -0.4 is 4.72 Å². The van der Waals surface area contributed by atoms with Gasteiger partial charge >= 0.3 is 6.18 Å². The second-order valence-electron chi connectivity index (χ2n) is 5.67. The molecule has 1 atom stereocenters. The van der Waals surface area contributed by atoms with Crippen LogP contribution in [0.25, 0.3) is 0 Å². The van der Waals surface area contributed by atoms with Crippen molar-refractivity contribution in [3.8, 4) is 0 Å². The summed E-state index contributed by atoms with van der Waals surface area (Å²) in [4.78, 5) is -0.130. The highest BCUT2D eigenvalue weighted by molar-refractivity contribution is 7.89. The maximum Gasteiger partial charge on any atom is 0.416 e. The summed E-state index contributed by atoms with van der Waals surface area (Å²) >= 11 is 1.19. The summed E-state index contributed by atoms with van der Waals surface area (Å²) < 4.78 is 70.9. The van der Waals surface area contributed by atoms with Crippen LogP contribution in [0.1, 0.15) is 16.2 Å². The van der Waals surface area contributed by atoms with Crippen molar-refractivity contribution in [2.45, 2.75) is 16.7 Å². The molecule has 0 bridgehead atoms. The van der Waals surface area contributed by atoms with Crippen LogP contribution in [0.3, 0.4) is 0 Å².